The Bertz CT molecular complexity index is 1460. The Labute approximate surface area is 217 Å². The SMILES string of the molecule is NC(N)=NCCC[C@H](N)C(=O)O.O=C(O)c1ccc2c(c1)nc(Nc1cccc(Cl)c1)c1ccncc12. The van der Waals surface area contributed by atoms with Gasteiger partial charge in [-0.05, 0) is 49.2 Å². The predicted octanol–water partition coefficient (Wildman–Crippen LogP) is 3.33. The lowest BCUT2D eigenvalue weighted by molar-refractivity contribution is -0.138. The molecular weight excluding hydrogens is 498 g/mol. The smallest absolute Gasteiger partial charge is 0.335 e. The number of halogens is 1. The molecule has 0 amide bonds. The molecular formula is C25H26ClN7O4. The molecule has 4 rings (SSSR count). The number of guanidine groups is 1. The highest BCUT2D eigenvalue weighted by molar-refractivity contribution is 6.30. The van der Waals surface area contributed by atoms with Crippen molar-refractivity contribution in [2.45, 2.75) is 18.9 Å². The molecule has 2 aromatic heterocycles. The first-order valence-corrected chi connectivity index (χ1v) is 11.5. The highest BCUT2D eigenvalue weighted by Gasteiger charge is 2.12. The summed E-state index contributed by atoms with van der Waals surface area (Å²) >= 11 is 6.04. The summed E-state index contributed by atoms with van der Waals surface area (Å²) in [5.41, 5.74) is 16.9. The van der Waals surface area contributed by atoms with Gasteiger partial charge in [-0.1, -0.05) is 23.7 Å². The predicted molar refractivity (Wildman–Crippen MR) is 144 cm³/mol. The van der Waals surface area contributed by atoms with Crippen LogP contribution in [0, 0.1) is 0 Å². The van der Waals surface area contributed by atoms with Gasteiger partial charge in [-0.2, -0.15) is 0 Å². The number of nitrogens with two attached hydrogens (primary N) is 3. The molecule has 4 aromatic rings. The van der Waals surface area contributed by atoms with E-state index in [1.54, 1.807) is 42.7 Å². The van der Waals surface area contributed by atoms with Crippen molar-refractivity contribution in [2.24, 2.45) is 22.2 Å². The Morgan fingerprint density at radius 3 is 2.51 bits per heavy atom. The minimum atomic E-state index is -1.00. The van der Waals surface area contributed by atoms with Crippen LogP contribution >= 0.6 is 11.6 Å². The molecule has 0 saturated carbocycles. The van der Waals surface area contributed by atoms with Gasteiger partial charge in [0.15, 0.2) is 5.96 Å². The number of carboxylic acids is 2. The Hall–Kier alpha value is -4.48. The molecule has 0 unspecified atom stereocenters. The highest BCUT2D eigenvalue weighted by Crippen LogP contribution is 2.31. The van der Waals surface area contributed by atoms with Crippen LogP contribution in [0.1, 0.15) is 23.2 Å². The maximum absolute atomic E-state index is 11.3. The molecule has 2 aromatic carbocycles. The summed E-state index contributed by atoms with van der Waals surface area (Å²) in [7, 11) is 0. The molecule has 0 bridgehead atoms. The van der Waals surface area contributed by atoms with E-state index in [1.165, 1.54) is 0 Å². The van der Waals surface area contributed by atoms with E-state index in [-0.39, 0.29) is 11.5 Å². The lowest BCUT2D eigenvalue weighted by Crippen LogP contribution is -2.30. The molecule has 0 radical (unpaired) electrons. The van der Waals surface area contributed by atoms with Crippen LogP contribution in [0.2, 0.25) is 5.02 Å². The van der Waals surface area contributed by atoms with E-state index < -0.39 is 18.0 Å². The first-order valence-electron chi connectivity index (χ1n) is 11.1. The second-order valence-corrected chi connectivity index (χ2v) is 8.38. The number of benzene rings is 2. The molecule has 192 valence electrons. The molecule has 0 saturated heterocycles. The number of aromatic nitrogens is 2. The average Bonchev–Trinajstić information content (AvgIpc) is 2.86. The zero-order valence-corrected chi connectivity index (χ0v) is 20.4. The average molecular weight is 524 g/mol. The fourth-order valence-corrected chi connectivity index (χ4v) is 3.61. The van der Waals surface area contributed by atoms with E-state index in [1.807, 2.05) is 18.2 Å². The van der Waals surface area contributed by atoms with Gasteiger partial charge in [0, 0.05) is 45.8 Å². The third kappa shape index (κ3) is 7.50. The van der Waals surface area contributed by atoms with Crippen molar-refractivity contribution >= 4 is 62.7 Å². The number of pyridine rings is 2. The first-order chi connectivity index (χ1) is 17.7. The fourth-order valence-electron chi connectivity index (χ4n) is 3.42. The van der Waals surface area contributed by atoms with Crippen LogP contribution in [0.3, 0.4) is 0 Å². The molecule has 0 spiro atoms. The van der Waals surface area contributed by atoms with Gasteiger partial charge >= 0.3 is 11.9 Å². The third-order valence-electron chi connectivity index (χ3n) is 5.22. The molecule has 0 fully saturated rings. The molecule has 9 N–H and O–H groups in total. The number of aliphatic carboxylic acids is 1. The number of hydrogen-bond acceptors (Lipinski definition) is 7. The standard InChI is InChI=1S/C19H12ClN3O2.C6H14N4O2/c20-12-2-1-3-13(9-12)22-18-15-6-7-21-10-16(15)14-5-4-11(19(24)25)8-17(14)23-18;7-4(5(11)12)2-1-3-10-6(8)9/h1-10H,(H,22,23)(H,24,25);4H,1-3,7H2,(H,11,12)(H4,8,9,10)/t;4-/m.0/s1. The second kappa shape index (κ2) is 12.5. The number of anilines is 2. The topological polar surface area (TPSA) is 203 Å². The van der Waals surface area contributed by atoms with Crippen molar-refractivity contribution in [1.82, 2.24) is 9.97 Å². The molecule has 37 heavy (non-hydrogen) atoms. The van der Waals surface area contributed by atoms with Crippen molar-refractivity contribution in [1.29, 1.82) is 0 Å². The summed E-state index contributed by atoms with van der Waals surface area (Å²) in [6, 6.07) is 13.3. The minimum Gasteiger partial charge on any atom is -0.480 e. The second-order valence-electron chi connectivity index (χ2n) is 7.95. The van der Waals surface area contributed by atoms with Crippen molar-refractivity contribution in [3.8, 4) is 0 Å². The number of fused-ring (bicyclic) bond motifs is 3. The van der Waals surface area contributed by atoms with Crippen molar-refractivity contribution < 1.29 is 19.8 Å². The van der Waals surface area contributed by atoms with Gasteiger partial charge in [-0.3, -0.25) is 14.8 Å². The number of hydrogen-bond donors (Lipinski definition) is 6. The van der Waals surface area contributed by atoms with Crippen molar-refractivity contribution in [2.75, 3.05) is 11.9 Å². The third-order valence-corrected chi connectivity index (χ3v) is 5.45. The van der Waals surface area contributed by atoms with Crippen LogP contribution in [0.4, 0.5) is 11.5 Å². The minimum absolute atomic E-state index is 0.0129. The van der Waals surface area contributed by atoms with Crippen molar-refractivity contribution in [3.63, 3.8) is 0 Å². The van der Waals surface area contributed by atoms with Crippen LogP contribution < -0.4 is 22.5 Å². The summed E-state index contributed by atoms with van der Waals surface area (Å²) in [4.78, 5) is 34.0. The van der Waals surface area contributed by atoms with Crippen LogP contribution in [0.25, 0.3) is 21.7 Å². The van der Waals surface area contributed by atoms with Gasteiger partial charge in [-0.15, -0.1) is 0 Å². The lowest BCUT2D eigenvalue weighted by Gasteiger charge is -2.12. The van der Waals surface area contributed by atoms with Crippen LogP contribution in [0.15, 0.2) is 65.9 Å². The monoisotopic (exact) mass is 523 g/mol. The number of aromatic carboxylic acids is 1. The molecule has 0 aliphatic rings. The van der Waals surface area contributed by atoms with Crippen LogP contribution in [0.5, 0.6) is 0 Å². The van der Waals surface area contributed by atoms with Gasteiger partial charge in [-0.25, -0.2) is 9.78 Å². The molecule has 0 aliphatic heterocycles. The van der Waals surface area contributed by atoms with E-state index in [4.69, 9.17) is 33.9 Å². The van der Waals surface area contributed by atoms with E-state index in [0.717, 1.165) is 21.8 Å². The van der Waals surface area contributed by atoms with Crippen LogP contribution in [-0.4, -0.2) is 50.7 Å². The summed E-state index contributed by atoms with van der Waals surface area (Å²) in [5.74, 6) is -1.35. The first kappa shape index (κ1) is 27.1. The number of rotatable bonds is 8. The number of aliphatic imine (C=N–C) groups is 1. The molecule has 1 atom stereocenters. The zero-order valence-electron chi connectivity index (χ0n) is 19.6. The van der Waals surface area contributed by atoms with Gasteiger partial charge in [0.1, 0.15) is 11.9 Å². The van der Waals surface area contributed by atoms with Gasteiger partial charge in [0.25, 0.3) is 0 Å². The van der Waals surface area contributed by atoms with Crippen molar-refractivity contribution in [3.05, 3.63) is 71.5 Å². The number of carboxylic acid groups (broad SMARTS) is 2. The Kier molecular flexibility index (Phi) is 9.14. The molecule has 0 aliphatic carbocycles. The Morgan fingerprint density at radius 1 is 1.05 bits per heavy atom. The molecule has 2 heterocycles. The van der Waals surface area contributed by atoms with E-state index in [0.29, 0.717) is 35.7 Å². The molecule has 11 nitrogen and oxygen atoms in total. The fraction of sp³-hybridized carbons (Fsp3) is 0.160. The largest absolute Gasteiger partial charge is 0.480 e. The molecule has 12 heteroatoms. The van der Waals surface area contributed by atoms with Gasteiger partial charge in [0.2, 0.25) is 0 Å². The number of carbonyl (C=O) groups is 2. The maximum Gasteiger partial charge on any atom is 0.335 e. The number of nitrogens with zero attached hydrogens (tertiary/aromatic N) is 3. The summed E-state index contributed by atoms with van der Waals surface area (Å²) < 4.78 is 0. The van der Waals surface area contributed by atoms with E-state index in [9.17, 15) is 14.7 Å². The van der Waals surface area contributed by atoms with E-state index >= 15 is 0 Å². The normalized spacial score (nSPS) is 11.3. The summed E-state index contributed by atoms with van der Waals surface area (Å²) in [5, 5.41) is 24.1. The Morgan fingerprint density at radius 2 is 1.84 bits per heavy atom. The zero-order chi connectivity index (χ0) is 26.9. The highest BCUT2D eigenvalue weighted by atomic mass is 35.5. The van der Waals surface area contributed by atoms with Gasteiger partial charge < -0.3 is 32.7 Å². The lowest BCUT2D eigenvalue weighted by atomic mass is 10.1. The quantitative estimate of drug-likeness (QED) is 0.0859. The Balaban J connectivity index is 0.000000270. The number of nitrogens with one attached hydrogen (secondary N) is 1. The summed E-state index contributed by atoms with van der Waals surface area (Å²) in [6.07, 6.45) is 4.41. The summed E-state index contributed by atoms with van der Waals surface area (Å²) in [6.45, 7) is 0.420. The van der Waals surface area contributed by atoms with E-state index in [2.05, 4.69) is 20.3 Å². The van der Waals surface area contributed by atoms with Gasteiger partial charge in [0.05, 0.1) is 11.1 Å². The van der Waals surface area contributed by atoms with Crippen LogP contribution in [-0.2, 0) is 4.79 Å². The maximum atomic E-state index is 11.3.